The van der Waals surface area contributed by atoms with Crippen molar-refractivity contribution in [2.24, 2.45) is 29.6 Å². The van der Waals surface area contributed by atoms with E-state index >= 15 is 0 Å². The van der Waals surface area contributed by atoms with Crippen LogP contribution in [0.1, 0.15) is 185 Å². The van der Waals surface area contributed by atoms with Gasteiger partial charge in [-0.2, -0.15) is 8.61 Å². The zero-order valence-electron chi connectivity index (χ0n) is 69.2. The Bertz CT molecular complexity index is 5560. The summed E-state index contributed by atoms with van der Waals surface area (Å²) in [6.45, 7) is 27.5. The van der Waals surface area contributed by atoms with E-state index in [4.69, 9.17) is 0 Å². The first-order chi connectivity index (χ1) is 56.3. The van der Waals surface area contributed by atoms with Crippen LogP contribution in [0.5, 0.6) is 0 Å². The highest BCUT2D eigenvalue weighted by atomic mass is 32.2. The van der Waals surface area contributed by atoms with Crippen LogP contribution in [0.2, 0.25) is 0 Å². The molecule has 10 aromatic rings. The molecule has 13 heterocycles. The lowest BCUT2D eigenvalue weighted by molar-refractivity contribution is -0.125. The maximum atomic E-state index is 13.3. The van der Waals surface area contributed by atoms with Crippen molar-refractivity contribution in [2.75, 3.05) is 105 Å². The number of carbonyl (C=O) groups excluding carboxylic acids is 3. The van der Waals surface area contributed by atoms with E-state index < -0.39 is 25.6 Å². The molecule has 9 aliphatic rings. The first-order valence-corrected chi connectivity index (χ1v) is 48.5. The summed E-state index contributed by atoms with van der Waals surface area (Å²) in [7, 11) is -5.27. The fourth-order valence-electron chi connectivity index (χ4n) is 18.7. The number of sulfonamides is 2. The summed E-state index contributed by atoms with van der Waals surface area (Å²) in [5.74, 6) is 7.55. The highest BCUT2D eigenvalue weighted by molar-refractivity contribution is 7.89. The first-order valence-electron chi connectivity index (χ1n) is 42.4. The fourth-order valence-corrected chi connectivity index (χ4v) is 26.9. The minimum atomic E-state index is -3.51. The third-order valence-electron chi connectivity index (χ3n) is 26.2. The van der Waals surface area contributed by atoms with Crippen LogP contribution >= 0.6 is 45.3 Å². The fraction of sp³-hybridized carbons (Fsp3) is 0.552. The number of nitrogens with one attached hydrogen (secondary N) is 3. The number of urea groups is 1. The van der Waals surface area contributed by atoms with Gasteiger partial charge < -0.3 is 30.2 Å². The predicted octanol–water partition coefficient (Wildman–Crippen LogP) is 14.6. The molecule has 5 fully saturated rings. The molecule has 1 spiro atoms. The number of piperazine rings is 2. The van der Waals surface area contributed by atoms with Gasteiger partial charge in [-0.1, -0.05) is 93.0 Å². The average Bonchev–Trinajstić information content (AvgIpc) is 1.65. The second-order valence-electron chi connectivity index (χ2n) is 34.9. The summed E-state index contributed by atoms with van der Waals surface area (Å²) in [4.78, 5) is 92.4. The number of fused-ring (bicyclic) bond motifs is 12. The van der Waals surface area contributed by atoms with Crippen LogP contribution in [0.25, 0.3) is 40.9 Å². The normalized spacial score (nSPS) is 21.6. The van der Waals surface area contributed by atoms with Crippen molar-refractivity contribution in [3.8, 4) is 0 Å². The van der Waals surface area contributed by atoms with Crippen molar-refractivity contribution in [1.29, 1.82) is 0 Å². The third-order valence-corrected chi connectivity index (χ3v) is 34.7. The number of aromatic nitrogens is 8. The number of anilines is 4. The van der Waals surface area contributed by atoms with Crippen LogP contribution in [-0.2, 0) is 86.4 Å². The maximum Gasteiger partial charge on any atom is 0.322 e. The number of aryl methyl sites for hydroxylation is 4. The summed E-state index contributed by atoms with van der Waals surface area (Å²) in [6.07, 6.45) is 25.8. The summed E-state index contributed by atoms with van der Waals surface area (Å²) in [5, 5.41) is 12.9. The number of rotatable bonds is 12. The number of hydrogen-bond donors (Lipinski definition) is 3. The smallest absolute Gasteiger partial charge is 0.322 e. The van der Waals surface area contributed by atoms with E-state index in [2.05, 4.69) is 138 Å². The van der Waals surface area contributed by atoms with Crippen LogP contribution in [-0.4, -0.2) is 174 Å². The zero-order chi connectivity index (χ0) is 81.8. The molecule has 622 valence electrons. The molecule has 5 saturated heterocycles. The Hall–Kier alpha value is -7.97. The van der Waals surface area contributed by atoms with E-state index in [1.807, 2.05) is 35.6 Å². The molecule has 0 saturated carbocycles. The number of nitrogens with zero attached hydrogens (tertiary/aromatic N) is 14. The Morgan fingerprint density at radius 2 is 0.872 bits per heavy atom. The standard InChI is InChI=1S/2C25H32N4O2S2.C19H26N4OS.C18H21N5O2S/c1-17-5-10-20-21(15-17)32-24-22(20)23(26-16-27-24)28-11-13-29(14-12-28)33(30,31)19-8-6-18(7-9-19)25(2,3)4;1-4-18(3)19-6-8-20(9-7-19)33(30,31)29-13-11-28(12-14-29)24-23-21-10-5-17(2)15-22(21)32-25(23)27-16-26-24;1-3-12-4-5-14-15(10-12)25-19-16(14)17(21-11-22-19)23-8-6-13(7-9-23)18(24)20-2;1-10-2-3-11-12(8-10)26-15-13(11)14(19-9-20-15)23-6-4-18(5-7-23)16(24)21-17(25)22-18/h6-9,16-17H,5,10-15H2,1-4H3;6-9,16-18H,4-5,10-15H2,1-3H3;11-13H,3-10H2,1-2H3,(H,20,24);9-10H,2-8H2,1H3,(H2,21,22,24,25). The molecule has 5 atom stereocenters. The van der Waals surface area contributed by atoms with E-state index in [0.29, 0.717) is 99.9 Å². The quantitative estimate of drug-likeness (QED) is 0.0958. The molecule has 24 nitrogen and oxygen atoms in total. The van der Waals surface area contributed by atoms with Gasteiger partial charge in [0, 0.05) is 111 Å². The van der Waals surface area contributed by atoms with Gasteiger partial charge >= 0.3 is 6.03 Å². The molecular weight excluding hydrogens is 1590 g/mol. The second-order valence-corrected chi connectivity index (χ2v) is 43.1. The molecule has 0 bridgehead atoms. The lowest BCUT2D eigenvalue weighted by Crippen LogP contribution is -2.55. The van der Waals surface area contributed by atoms with Gasteiger partial charge in [0.2, 0.25) is 26.0 Å². The monoisotopic (exact) mass is 1700 g/mol. The number of hydrogen-bond acceptors (Lipinski definition) is 23. The minimum Gasteiger partial charge on any atom is -0.359 e. The number of imide groups is 1. The van der Waals surface area contributed by atoms with Crippen molar-refractivity contribution in [3.05, 3.63) is 127 Å². The van der Waals surface area contributed by atoms with Crippen molar-refractivity contribution >= 4 is 147 Å². The van der Waals surface area contributed by atoms with E-state index in [-0.39, 0.29) is 29.2 Å². The summed E-state index contributed by atoms with van der Waals surface area (Å²) < 4.78 is 56.3. The summed E-state index contributed by atoms with van der Waals surface area (Å²) >= 11 is 7.27. The SMILES string of the molecule is CC1CCc2c(sc3ncnc(N4CCC5(CC4)NC(=O)NC5=O)c23)C1.CC1CCc2c(sc3ncnc(N4CCN(S(=O)(=O)c5ccc(C(C)(C)C)cc5)CC4)c23)C1.CCC(C)c1ccc(S(=O)(=O)N2CCN(c3ncnc4sc5c(c34)CCC(C)C5)CC2)cc1.CCC1CCc2c(sc3ncnc(N4CCC(C(=O)NC)CC4)c23)C1. The molecule has 30 heteroatoms. The number of thiophene rings is 4. The van der Waals surface area contributed by atoms with Crippen LogP contribution in [0.3, 0.4) is 0 Å². The Labute approximate surface area is 704 Å². The van der Waals surface area contributed by atoms with E-state index in [0.717, 1.165) is 143 Å². The van der Waals surface area contributed by atoms with Gasteiger partial charge in [-0.15, -0.1) is 45.3 Å². The topological polar surface area (TPSA) is 278 Å². The minimum absolute atomic E-state index is 0.00428. The highest BCUT2D eigenvalue weighted by Gasteiger charge is 2.49. The van der Waals surface area contributed by atoms with Gasteiger partial charge in [-0.25, -0.2) is 61.5 Å². The van der Waals surface area contributed by atoms with Gasteiger partial charge in [-0.3, -0.25) is 14.9 Å². The van der Waals surface area contributed by atoms with Crippen molar-refractivity contribution in [1.82, 2.24) is 64.4 Å². The van der Waals surface area contributed by atoms with E-state index in [1.165, 1.54) is 107 Å². The number of benzene rings is 2. The average molecular weight is 1700 g/mol. The first kappa shape index (κ1) is 82.7. The lowest BCUT2D eigenvalue weighted by atomic mass is 9.86. The van der Waals surface area contributed by atoms with Gasteiger partial charge in [-0.05, 0) is 202 Å². The van der Waals surface area contributed by atoms with Crippen molar-refractivity contribution < 1.29 is 31.2 Å². The lowest BCUT2D eigenvalue weighted by Gasteiger charge is -2.37. The molecule has 4 aliphatic carbocycles. The Morgan fingerprint density at radius 1 is 0.504 bits per heavy atom. The molecule has 0 radical (unpaired) electrons. The molecule has 8 aromatic heterocycles. The van der Waals surface area contributed by atoms with Gasteiger partial charge in [0.05, 0.1) is 31.3 Å². The largest absolute Gasteiger partial charge is 0.359 e. The molecule has 2 aromatic carbocycles. The third kappa shape index (κ3) is 16.8. The van der Waals surface area contributed by atoms with Gasteiger partial charge in [0.15, 0.2) is 0 Å². The Morgan fingerprint density at radius 3 is 1.23 bits per heavy atom. The Kier molecular flexibility index (Phi) is 24.2. The molecule has 19 rings (SSSR count). The van der Waals surface area contributed by atoms with Gasteiger partial charge in [0.1, 0.15) is 73.4 Å². The Balaban J connectivity index is 0.000000118. The highest BCUT2D eigenvalue weighted by Crippen LogP contribution is 2.47. The van der Waals surface area contributed by atoms with Crippen molar-refractivity contribution in [2.45, 2.75) is 205 Å². The molecule has 3 N–H and O–H groups in total. The number of amides is 4. The van der Waals surface area contributed by atoms with Gasteiger partial charge in [0.25, 0.3) is 5.91 Å². The van der Waals surface area contributed by atoms with Crippen LogP contribution in [0, 0.1) is 29.6 Å². The summed E-state index contributed by atoms with van der Waals surface area (Å²) in [5.41, 5.74) is 7.31. The van der Waals surface area contributed by atoms with E-state index in [9.17, 15) is 31.2 Å². The molecule has 5 aliphatic heterocycles. The number of piperidine rings is 2. The molecular formula is C87H111N17O7S6. The molecule has 117 heavy (non-hydrogen) atoms. The molecule has 4 amide bonds. The second kappa shape index (κ2) is 34.3. The van der Waals surface area contributed by atoms with Crippen LogP contribution in [0.15, 0.2) is 83.6 Å². The molecule has 5 unspecified atom stereocenters. The van der Waals surface area contributed by atoms with E-state index in [1.54, 1.807) is 99.2 Å². The van der Waals surface area contributed by atoms with Crippen LogP contribution in [0.4, 0.5) is 28.1 Å². The summed E-state index contributed by atoms with van der Waals surface area (Å²) in [6, 6.07) is 14.4. The van der Waals surface area contributed by atoms with Crippen molar-refractivity contribution in [3.63, 3.8) is 0 Å². The number of carbonyl (C=O) groups is 3. The maximum absolute atomic E-state index is 13.3. The zero-order valence-corrected chi connectivity index (χ0v) is 74.1. The van der Waals surface area contributed by atoms with Crippen LogP contribution < -0.4 is 35.6 Å². The predicted molar refractivity (Wildman–Crippen MR) is 471 cm³/mol.